The van der Waals surface area contributed by atoms with Gasteiger partial charge in [-0.25, -0.2) is 0 Å². The zero-order chi connectivity index (χ0) is 27.8. The third kappa shape index (κ3) is 7.03. The second-order valence-corrected chi connectivity index (χ2v) is 9.26. The highest BCUT2D eigenvalue weighted by molar-refractivity contribution is 6.05. The molecule has 2 aromatic carbocycles. The number of benzene rings is 2. The molecule has 0 saturated carbocycles. The van der Waals surface area contributed by atoms with Crippen LogP contribution in [0.4, 0.5) is 0 Å². The van der Waals surface area contributed by atoms with E-state index >= 15 is 0 Å². The number of methoxy groups -OCH3 is 1. The van der Waals surface area contributed by atoms with Gasteiger partial charge in [0.15, 0.2) is 11.7 Å². The molecule has 0 aliphatic heterocycles. The minimum absolute atomic E-state index is 0.0712. The van der Waals surface area contributed by atoms with Crippen molar-refractivity contribution in [3.05, 3.63) is 82.9 Å². The number of aromatic amines is 1. The summed E-state index contributed by atoms with van der Waals surface area (Å²) in [6.07, 6.45) is 2.93. The lowest BCUT2D eigenvalue weighted by Crippen LogP contribution is -2.45. The first-order valence-electron chi connectivity index (χ1n) is 12.2. The molecule has 0 radical (unpaired) electrons. The van der Waals surface area contributed by atoms with Gasteiger partial charge < -0.3 is 25.6 Å². The quantitative estimate of drug-likeness (QED) is 0.191. The summed E-state index contributed by atoms with van der Waals surface area (Å²) < 4.78 is 5.14. The van der Waals surface area contributed by atoms with Crippen molar-refractivity contribution in [2.75, 3.05) is 7.11 Å². The molecule has 0 bridgehead atoms. The van der Waals surface area contributed by atoms with Crippen molar-refractivity contribution >= 4 is 23.7 Å². The van der Waals surface area contributed by atoms with E-state index in [0.29, 0.717) is 5.75 Å². The van der Waals surface area contributed by atoms with Crippen molar-refractivity contribution < 1.29 is 29.3 Å². The lowest BCUT2D eigenvalue weighted by atomic mass is 9.93. The maximum Gasteiger partial charge on any atom is 0.244 e. The van der Waals surface area contributed by atoms with Crippen molar-refractivity contribution in [3.63, 3.8) is 0 Å². The zero-order valence-corrected chi connectivity index (χ0v) is 21.8. The van der Waals surface area contributed by atoms with Crippen molar-refractivity contribution in [3.8, 4) is 17.5 Å². The number of Topliss-reactive ketones (excluding diaryl/α,β-unsaturated/α-hetero) is 1. The number of hydrogen-bond acceptors (Lipinski definition) is 6. The molecule has 1 aromatic heterocycles. The largest absolute Gasteiger partial charge is 0.497 e. The molecule has 3 aromatic rings. The first-order valence-corrected chi connectivity index (χ1v) is 12.2. The van der Waals surface area contributed by atoms with Crippen LogP contribution in [0.3, 0.4) is 0 Å². The predicted octanol–water partition coefficient (Wildman–Crippen LogP) is 4.03. The molecule has 9 heteroatoms. The Morgan fingerprint density at radius 2 is 1.63 bits per heavy atom. The normalized spacial score (nSPS) is 12.8. The Balaban J connectivity index is 1.74. The van der Waals surface area contributed by atoms with Gasteiger partial charge in [0.2, 0.25) is 17.7 Å². The number of ketones is 1. The molecule has 0 saturated heterocycles. The van der Waals surface area contributed by atoms with Gasteiger partial charge in [-0.05, 0) is 42.2 Å². The monoisotopic (exact) mass is 519 g/mol. The average Bonchev–Trinajstić information content (AvgIpc) is 3.16. The maximum atomic E-state index is 13.2. The average molecular weight is 520 g/mol. The third-order valence-corrected chi connectivity index (χ3v) is 6.17. The summed E-state index contributed by atoms with van der Waals surface area (Å²) in [6, 6.07) is 14.7. The smallest absolute Gasteiger partial charge is 0.244 e. The number of nitrogens with one attached hydrogen (secondary N) is 3. The SMILES string of the molecule is COc1ccc(C=CC(=O)N[C@@H](CC(=O)N[C@H](C(=O)c2c(O)[nH]c(O)c2C)C(C)C)c2ccccc2)cc1. The second kappa shape index (κ2) is 12.6. The molecule has 2 atom stereocenters. The summed E-state index contributed by atoms with van der Waals surface area (Å²) in [5.41, 5.74) is 1.66. The first-order chi connectivity index (χ1) is 18.1. The highest BCUT2D eigenvalue weighted by Gasteiger charge is 2.31. The molecule has 0 aliphatic rings. The number of rotatable bonds is 11. The van der Waals surface area contributed by atoms with Crippen LogP contribution in [0.5, 0.6) is 17.5 Å². The number of carbonyl (C=O) groups is 3. The fraction of sp³-hybridized carbons (Fsp3) is 0.276. The minimum atomic E-state index is -0.954. The number of aromatic hydroxyl groups is 2. The minimum Gasteiger partial charge on any atom is -0.497 e. The Bertz CT molecular complexity index is 1300. The van der Waals surface area contributed by atoms with Crippen LogP contribution in [0.1, 0.15) is 53.4 Å². The molecular formula is C29H33N3O6. The molecule has 1 heterocycles. The van der Waals surface area contributed by atoms with E-state index in [2.05, 4.69) is 15.6 Å². The number of hydrogen-bond donors (Lipinski definition) is 5. The van der Waals surface area contributed by atoms with Gasteiger partial charge in [-0.15, -0.1) is 0 Å². The number of amides is 2. The number of ether oxygens (including phenoxy) is 1. The van der Waals surface area contributed by atoms with Crippen molar-refractivity contribution in [1.29, 1.82) is 0 Å². The van der Waals surface area contributed by atoms with E-state index in [1.54, 1.807) is 51.3 Å². The van der Waals surface area contributed by atoms with Gasteiger partial charge >= 0.3 is 0 Å². The molecule has 200 valence electrons. The summed E-state index contributed by atoms with van der Waals surface area (Å²) in [7, 11) is 1.58. The second-order valence-electron chi connectivity index (χ2n) is 9.26. The molecule has 0 fully saturated rings. The van der Waals surface area contributed by atoms with E-state index in [-0.39, 0.29) is 35.3 Å². The van der Waals surface area contributed by atoms with Crippen LogP contribution in [-0.2, 0) is 9.59 Å². The Labute approximate surface area is 221 Å². The van der Waals surface area contributed by atoms with E-state index in [9.17, 15) is 24.6 Å². The van der Waals surface area contributed by atoms with Gasteiger partial charge in [0.05, 0.1) is 31.2 Å². The van der Waals surface area contributed by atoms with E-state index in [1.807, 2.05) is 30.3 Å². The van der Waals surface area contributed by atoms with Crippen LogP contribution in [0.15, 0.2) is 60.7 Å². The van der Waals surface area contributed by atoms with Gasteiger partial charge in [-0.3, -0.25) is 19.4 Å². The predicted molar refractivity (Wildman–Crippen MR) is 144 cm³/mol. The molecule has 2 amide bonds. The van der Waals surface area contributed by atoms with Crippen LogP contribution in [0.2, 0.25) is 0 Å². The van der Waals surface area contributed by atoms with Crippen molar-refractivity contribution in [2.45, 2.75) is 39.3 Å². The molecule has 3 rings (SSSR count). The summed E-state index contributed by atoms with van der Waals surface area (Å²) in [4.78, 5) is 41.4. The lowest BCUT2D eigenvalue weighted by Gasteiger charge is -2.24. The summed E-state index contributed by atoms with van der Waals surface area (Å²) in [5.74, 6) is -1.73. The molecule has 5 N–H and O–H groups in total. The van der Waals surface area contributed by atoms with Crippen LogP contribution in [0, 0.1) is 12.8 Å². The third-order valence-electron chi connectivity index (χ3n) is 6.17. The number of H-pyrrole nitrogens is 1. The van der Waals surface area contributed by atoms with E-state index in [4.69, 9.17) is 4.74 Å². The number of aromatic nitrogens is 1. The van der Waals surface area contributed by atoms with Crippen molar-refractivity contribution in [1.82, 2.24) is 15.6 Å². The Morgan fingerprint density at radius 3 is 2.18 bits per heavy atom. The van der Waals surface area contributed by atoms with Gasteiger partial charge in [0, 0.05) is 11.6 Å². The molecule has 0 unspecified atom stereocenters. The van der Waals surface area contributed by atoms with Crippen molar-refractivity contribution in [2.24, 2.45) is 5.92 Å². The van der Waals surface area contributed by atoms with E-state index in [0.717, 1.165) is 11.1 Å². The van der Waals surface area contributed by atoms with Gasteiger partial charge in [0.25, 0.3) is 0 Å². The maximum absolute atomic E-state index is 13.2. The fourth-order valence-electron chi connectivity index (χ4n) is 4.02. The van der Waals surface area contributed by atoms with E-state index in [1.165, 1.54) is 13.0 Å². The Morgan fingerprint density at radius 1 is 0.974 bits per heavy atom. The molecule has 38 heavy (non-hydrogen) atoms. The number of carbonyl (C=O) groups excluding carboxylic acids is 3. The summed E-state index contributed by atoms with van der Waals surface area (Å²) in [5, 5.41) is 25.5. The van der Waals surface area contributed by atoms with Crippen LogP contribution in [-0.4, -0.2) is 45.9 Å². The topological polar surface area (TPSA) is 141 Å². The fourth-order valence-corrected chi connectivity index (χ4v) is 4.02. The van der Waals surface area contributed by atoms with E-state index < -0.39 is 29.7 Å². The van der Waals surface area contributed by atoms with Crippen LogP contribution in [0.25, 0.3) is 6.08 Å². The zero-order valence-electron chi connectivity index (χ0n) is 21.8. The lowest BCUT2D eigenvalue weighted by molar-refractivity contribution is -0.123. The highest BCUT2D eigenvalue weighted by atomic mass is 16.5. The molecule has 0 spiro atoms. The molecule has 0 aliphatic carbocycles. The Hall–Kier alpha value is -4.53. The van der Waals surface area contributed by atoms with Crippen LogP contribution < -0.4 is 15.4 Å². The standard InChI is InChI=1S/C29H33N3O6/c1-17(2)26(27(35)25-18(3)28(36)32-29(25)37)31-24(34)16-22(20-8-6-5-7-9-20)30-23(33)15-12-19-10-13-21(38-4)14-11-19/h5-15,17,22,26,32,36-37H,16H2,1-4H3,(H,30,33)(H,31,34)/t22-,26-/m0/s1. The molecule has 9 nitrogen and oxygen atoms in total. The highest BCUT2D eigenvalue weighted by Crippen LogP contribution is 2.30. The Kier molecular flexibility index (Phi) is 9.32. The van der Waals surface area contributed by atoms with Gasteiger partial charge in [0.1, 0.15) is 5.75 Å². The summed E-state index contributed by atoms with van der Waals surface area (Å²) >= 11 is 0. The van der Waals surface area contributed by atoms with Gasteiger partial charge in [-0.1, -0.05) is 56.3 Å². The summed E-state index contributed by atoms with van der Waals surface area (Å²) in [6.45, 7) is 5.03. The van der Waals surface area contributed by atoms with Crippen LogP contribution >= 0.6 is 0 Å². The first kappa shape index (κ1) is 28.0. The van der Waals surface area contributed by atoms with Gasteiger partial charge in [-0.2, -0.15) is 0 Å². The molecular weight excluding hydrogens is 486 g/mol.